The summed E-state index contributed by atoms with van der Waals surface area (Å²) < 4.78 is 6.49. The summed E-state index contributed by atoms with van der Waals surface area (Å²) in [5.74, 6) is 0.733. The van der Waals surface area contributed by atoms with Gasteiger partial charge in [-0.15, -0.1) is 0 Å². The van der Waals surface area contributed by atoms with Crippen molar-refractivity contribution in [2.75, 3.05) is 6.61 Å². The van der Waals surface area contributed by atoms with E-state index in [1.54, 1.807) is 0 Å². The number of hydrogen-bond acceptors (Lipinski definition) is 3. The Morgan fingerprint density at radius 2 is 2.22 bits per heavy atom. The topological polar surface area (TPSA) is 64.3 Å². The molecule has 1 aromatic rings. The van der Waals surface area contributed by atoms with Crippen molar-refractivity contribution in [3.8, 4) is 5.75 Å². The van der Waals surface area contributed by atoms with Gasteiger partial charge in [-0.05, 0) is 37.6 Å². The van der Waals surface area contributed by atoms with Crippen LogP contribution in [0.5, 0.6) is 5.75 Å². The van der Waals surface area contributed by atoms with Crippen LogP contribution in [0, 0.1) is 0 Å². The fourth-order valence-electron chi connectivity index (χ4n) is 1.45. The molecule has 4 nitrogen and oxygen atoms in total. The number of ether oxygens (including phenoxy) is 1. The van der Waals surface area contributed by atoms with Gasteiger partial charge in [0.1, 0.15) is 5.75 Å². The Morgan fingerprint density at radius 3 is 2.83 bits per heavy atom. The Morgan fingerprint density at radius 1 is 1.50 bits per heavy atom. The molecule has 3 N–H and O–H groups in total. The Kier molecular flexibility index (Phi) is 6.15. The van der Waals surface area contributed by atoms with E-state index >= 15 is 0 Å². The zero-order chi connectivity index (χ0) is 13.5. The van der Waals surface area contributed by atoms with Crippen LogP contribution in [0.15, 0.2) is 22.7 Å². The maximum absolute atomic E-state index is 11.4. The largest absolute Gasteiger partial charge is 0.493 e. The van der Waals surface area contributed by atoms with Gasteiger partial charge in [0, 0.05) is 17.1 Å². The van der Waals surface area contributed by atoms with Crippen molar-refractivity contribution in [3.05, 3.63) is 28.2 Å². The SMILES string of the molecule is CC(C)NC(=O)CCOc1ccc(Br)c(CN)c1. The van der Waals surface area contributed by atoms with E-state index in [9.17, 15) is 4.79 Å². The minimum atomic E-state index is 0.00107. The molecule has 0 aromatic heterocycles. The molecular weight excluding hydrogens is 296 g/mol. The third kappa shape index (κ3) is 5.06. The lowest BCUT2D eigenvalue weighted by atomic mass is 10.2. The molecule has 0 aliphatic rings. The van der Waals surface area contributed by atoms with Crippen molar-refractivity contribution in [2.24, 2.45) is 5.73 Å². The van der Waals surface area contributed by atoms with Crippen molar-refractivity contribution in [2.45, 2.75) is 32.9 Å². The van der Waals surface area contributed by atoms with Crippen LogP contribution < -0.4 is 15.8 Å². The van der Waals surface area contributed by atoms with Gasteiger partial charge in [-0.3, -0.25) is 4.79 Å². The van der Waals surface area contributed by atoms with E-state index in [1.165, 1.54) is 0 Å². The van der Waals surface area contributed by atoms with Crippen LogP contribution in [0.25, 0.3) is 0 Å². The average Bonchev–Trinajstić information content (AvgIpc) is 2.30. The molecule has 0 radical (unpaired) electrons. The lowest BCUT2D eigenvalue weighted by Gasteiger charge is -2.10. The van der Waals surface area contributed by atoms with Gasteiger partial charge in [0.2, 0.25) is 5.91 Å². The average molecular weight is 315 g/mol. The van der Waals surface area contributed by atoms with Crippen LogP contribution in [0.3, 0.4) is 0 Å². The Labute approximate surface area is 116 Å². The third-order valence-corrected chi connectivity index (χ3v) is 3.06. The van der Waals surface area contributed by atoms with Gasteiger partial charge in [0.15, 0.2) is 0 Å². The number of halogens is 1. The summed E-state index contributed by atoms with van der Waals surface area (Å²) in [5.41, 5.74) is 6.59. The van der Waals surface area contributed by atoms with E-state index in [0.717, 1.165) is 15.8 Å². The van der Waals surface area contributed by atoms with Gasteiger partial charge in [-0.25, -0.2) is 0 Å². The lowest BCUT2D eigenvalue weighted by Crippen LogP contribution is -2.31. The normalized spacial score (nSPS) is 10.5. The zero-order valence-electron chi connectivity index (χ0n) is 10.7. The van der Waals surface area contributed by atoms with Gasteiger partial charge < -0.3 is 15.8 Å². The van der Waals surface area contributed by atoms with Crippen LogP contribution in [0.2, 0.25) is 0 Å². The molecule has 0 aliphatic heterocycles. The van der Waals surface area contributed by atoms with Gasteiger partial charge in [0.25, 0.3) is 0 Å². The molecule has 5 heteroatoms. The molecule has 100 valence electrons. The molecule has 0 bridgehead atoms. The molecule has 18 heavy (non-hydrogen) atoms. The second-order valence-electron chi connectivity index (χ2n) is 4.28. The number of carbonyl (C=O) groups excluding carboxylic acids is 1. The monoisotopic (exact) mass is 314 g/mol. The molecule has 1 rings (SSSR count). The van der Waals surface area contributed by atoms with E-state index in [0.29, 0.717) is 19.6 Å². The van der Waals surface area contributed by atoms with Crippen molar-refractivity contribution in [1.29, 1.82) is 0 Å². The number of nitrogens with two attached hydrogens (primary N) is 1. The van der Waals surface area contributed by atoms with Crippen molar-refractivity contribution in [3.63, 3.8) is 0 Å². The third-order valence-electron chi connectivity index (χ3n) is 2.28. The molecule has 0 unspecified atom stereocenters. The summed E-state index contributed by atoms with van der Waals surface area (Å²) in [6.07, 6.45) is 0.353. The lowest BCUT2D eigenvalue weighted by molar-refractivity contribution is -0.122. The van der Waals surface area contributed by atoms with Gasteiger partial charge in [-0.1, -0.05) is 15.9 Å². The number of carbonyl (C=O) groups is 1. The predicted octanol–water partition coefficient (Wildman–Crippen LogP) is 2.20. The highest BCUT2D eigenvalue weighted by atomic mass is 79.9. The summed E-state index contributed by atoms with van der Waals surface area (Å²) in [7, 11) is 0. The van der Waals surface area contributed by atoms with Crippen molar-refractivity contribution < 1.29 is 9.53 Å². The molecule has 0 atom stereocenters. The summed E-state index contributed by atoms with van der Waals surface area (Å²) in [4.78, 5) is 11.4. The van der Waals surface area contributed by atoms with Crippen molar-refractivity contribution >= 4 is 21.8 Å². The Hall–Kier alpha value is -1.07. The highest BCUT2D eigenvalue weighted by molar-refractivity contribution is 9.10. The van der Waals surface area contributed by atoms with E-state index in [1.807, 2.05) is 32.0 Å². The standard InChI is InChI=1S/C13H19BrN2O2/c1-9(2)16-13(17)5-6-18-11-3-4-12(14)10(7-11)8-15/h3-4,7,9H,5-6,8,15H2,1-2H3,(H,16,17). The van der Waals surface area contributed by atoms with Gasteiger partial charge in [-0.2, -0.15) is 0 Å². The molecule has 0 heterocycles. The summed E-state index contributed by atoms with van der Waals surface area (Å²) in [6.45, 7) is 4.68. The molecule has 0 saturated heterocycles. The van der Waals surface area contributed by atoms with Crippen LogP contribution >= 0.6 is 15.9 Å². The second-order valence-corrected chi connectivity index (χ2v) is 5.13. The highest BCUT2D eigenvalue weighted by Gasteiger charge is 2.05. The van der Waals surface area contributed by atoms with Gasteiger partial charge >= 0.3 is 0 Å². The van der Waals surface area contributed by atoms with Gasteiger partial charge in [0.05, 0.1) is 13.0 Å². The predicted molar refractivity (Wildman–Crippen MR) is 75.4 cm³/mol. The van der Waals surface area contributed by atoms with E-state index < -0.39 is 0 Å². The molecule has 0 fully saturated rings. The second kappa shape index (κ2) is 7.38. The van der Waals surface area contributed by atoms with Crippen LogP contribution in [0.4, 0.5) is 0 Å². The van der Waals surface area contributed by atoms with Crippen LogP contribution in [0.1, 0.15) is 25.8 Å². The number of amides is 1. The first-order valence-corrected chi connectivity index (χ1v) is 6.73. The number of nitrogens with one attached hydrogen (secondary N) is 1. The Bertz CT molecular complexity index is 408. The minimum Gasteiger partial charge on any atom is -0.493 e. The molecular formula is C13H19BrN2O2. The smallest absolute Gasteiger partial charge is 0.223 e. The first-order chi connectivity index (χ1) is 8.52. The maximum Gasteiger partial charge on any atom is 0.223 e. The fraction of sp³-hybridized carbons (Fsp3) is 0.462. The number of hydrogen-bond donors (Lipinski definition) is 2. The van der Waals surface area contributed by atoms with Crippen molar-refractivity contribution in [1.82, 2.24) is 5.32 Å². The van der Waals surface area contributed by atoms with E-state index in [4.69, 9.17) is 10.5 Å². The maximum atomic E-state index is 11.4. The van der Waals surface area contributed by atoms with E-state index in [2.05, 4.69) is 21.2 Å². The quantitative estimate of drug-likeness (QED) is 0.846. The Balaban J connectivity index is 2.42. The number of benzene rings is 1. The highest BCUT2D eigenvalue weighted by Crippen LogP contribution is 2.22. The molecule has 0 spiro atoms. The molecule has 1 amide bonds. The molecule has 0 aliphatic carbocycles. The fourth-order valence-corrected chi connectivity index (χ4v) is 1.86. The number of rotatable bonds is 6. The first-order valence-electron chi connectivity index (χ1n) is 5.93. The summed E-state index contributed by atoms with van der Waals surface area (Å²) >= 11 is 3.41. The first kappa shape index (κ1) is 15.0. The van der Waals surface area contributed by atoms with E-state index in [-0.39, 0.29) is 11.9 Å². The summed E-state index contributed by atoms with van der Waals surface area (Å²) in [5, 5.41) is 2.81. The zero-order valence-corrected chi connectivity index (χ0v) is 12.3. The molecule has 1 aromatic carbocycles. The minimum absolute atomic E-state index is 0.00107. The summed E-state index contributed by atoms with van der Waals surface area (Å²) in [6, 6.07) is 5.79. The molecule has 0 saturated carbocycles. The van der Waals surface area contributed by atoms with Crippen LogP contribution in [-0.4, -0.2) is 18.6 Å². The van der Waals surface area contributed by atoms with Crippen LogP contribution in [-0.2, 0) is 11.3 Å².